The second kappa shape index (κ2) is 10.1. The average molecular weight is 418 g/mol. The fourth-order valence-electron chi connectivity index (χ4n) is 2.32. The summed E-state index contributed by atoms with van der Waals surface area (Å²) < 4.78 is 50.1. The number of methoxy groups -OCH3 is 1. The fraction of sp³-hybridized carbons (Fsp3) is 0.526. The van der Waals surface area contributed by atoms with E-state index in [1.54, 1.807) is 20.8 Å². The first-order valence-corrected chi connectivity index (χ1v) is 8.82. The maximum Gasteiger partial charge on any atom is 0.408 e. The summed E-state index contributed by atoms with van der Waals surface area (Å²) in [6.45, 7) is 6.34. The van der Waals surface area contributed by atoms with Crippen molar-refractivity contribution in [2.75, 3.05) is 7.11 Å². The number of hydrogen-bond donors (Lipinski definition) is 2. The summed E-state index contributed by atoms with van der Waals surface area (Å²) in [6.07, 6.45) is -1.47. The number of halogens is 3. The molecule has 10 heteroatoms. The lowest BCUT2D eigenvalue weighted by Gasteiger charge is -2.23. The lowest BCUT2D eigenvalue weighted by atomic mass is 10.0. The van der Waals surface area contributed by atoms with Crippen LogP contribution < -0.4 is 10.6 Å². The highest BCUT2D eigenvalue weighted by molar-refractivity contribution is 5.86. The zero-order valence-corrected chi connectivity index (χ0v) is 16.9. The Balaban J connectivity index is 2.87. The molecule has 2 amide bonds. The molecule has 1 aromatic carbocycles. The van der Waals surface area contributed by atoms with Crippen LogP contribution in [0.3, 0.4) is 0 Å². The first kappa shape index (κ1) is 24.3. The molecule has 0 aliphatic rings. The molecule has 1 rings (SSSR count). The van der Waals surface area contributed by atoms with E-state index in [2.05, 4.69) is 15.4 Å². The number of carbonyl (C=O) groups excluding carboxylic acids is 3. The molecule has 2 N–H and O–H groups in total. The monoisotopic (exact) mass is 418 g/mol. The van der Waals surface area contributed by atoms with Gasteiger partial charge in [-0.1, -0.05) is 0 Å². The Labute approximate surface area is 166 Å². The highest BCUT2D eigenvalue weighted by Crippen LogP contribution is 2.17. The highest BCUT2D eigenvalue weighted by Gasteiger charge is 2.25. The minimum absolute atomic E-state index is 0.231. The predicted molar refractivity (Wildman–Crippen MR) is 97.4 cm³/mol. The third-order valence-corrected chi connectivity index (χ3v) is 3.67. The van der Waals surface area contributed by atoms with Crippen LogP contribution in [-0.2, 0) is 25.5 Å². The van der Waals surface area contributed by atoms with Crippen LogP contribution in [-0.4, -0.2) is 42.8 Å². The molecule has 1 unspecified atom stereocenters. The second-order valence-electron chi connectivity index (χ2n) is 7.42. The predicted octanol–water partition coefficient (Wildman–Crippen LogP) is 2.61. The average Bonchev–Trinajstić information content (AvgIpc) is 2.57. The van der Waals surface area contributed by atoms with Crippen molar-refractivity contribution in [2.24, 2.45) is 0 Å². The van der Waals surface area contributed by atoms with Crippen LogP contribution in [0.1, 0.15) is 39.7 Å². The van der Waals surface area contributed by atoms with Gasteiger partial charge in [0.05, 0.1) is 13.5 Å². The number of rotatable bonds is 7. The van der Waals surface area contributed by atoms with Crippen molar-refractivity contribution in [2.45, 2.75) is 58.2 Å². The van der Waals surface area contributed by atoms with Gasteiger partial charge in [-0.2, -0.15) is 0 Å². The van der Waals surface area contributed by atoms with Crippen molar-refractivity contribution in [3.8, 4) is 0 Å². The van der Waals surface area contributed by atoms with Crippen molar-refractivity contribution in [3.05, 3.63) is 35.1 Å². The largest absolute Gasteiger partial charge is 0.469 e. The first-order valence-electron chi connectivity index (χ1n) is 8.82. The second-order valence-corrected chi connectivity index (χ2v) is 7.42. The Morgan fingerprint density at radius 1 is 1.03 bits per heavy atom. The molecule has 1 aromatic rings. The van der Waals surface area contributed by atoms with Gasteiger partial charge in [-0.25, -0.2) is 18.0 Å². The maximum atomic E-state index is 13.9. The Kier molecular flexibility index (Phi) is 8.47. The first-order chi connectivity index (χ1) is 13.3. The zero-order chi connectivity index (χ0) is 22.4. The molecule has 2 atom stereocenters. The molecular weight excluding hydrogens is 393 g/mol. The normalized spacial score (nSPS) is 13.2. The van der Waals surface area contributed by atoms with Gasteiger partial charge in [0.25, 0.3) is 0 Å². The van der Waals surface area contributed by atoms with E-state index in [1.165, 1.54) is 6.92 Å². The number of esters is 1. The van der Waals surface area contributed by atoms with E-state index >= 15 is 0 Å². The zero-order valence-electron chi connectivity index (χ0n) is 16.9. The smallest absolute Gasteiger partial charge is 0.408 e. The number of carbonyl (C=O) groups is 3. The van der Waals surface area contributed by atoms with Gasteiger partial charge in [0.2, 0.25) is 5.91 Å². The SMILES string of the molecule is COC(=O)C[C@@H](Cc1cc(F)c(F)cc1F)NC(=O)C(C)NC(=O)OC(C)(C)C. The number of benzene rings is 1. The molecule has 0 aliphatic carbocycles. The molecule has 0 aliphatic heterocycles. The van der Waals surface area contributed by atoms with Gasteiger partial charge in [-0.05, 0) is 45.7 Å². The quantitative estimate of drug-likeness (QED) is 0.525. The van der Waals surface area contributed by atoms with E-state index in [4.69, 9.17) is 4.74 Å². The van der Waals surface area contributed by atoms with Gasteiger partial charge in [0.1, 0.15) is 17.5 Å². The molecule has 0 fully saturated rings. The molecule has 0 saturated heterocycles. The molecule has 29 heavy (non-hydrogen) atoms. The number of ether oxygens (including phenoxy) is 2. The van der Waals surface area contributed by atoms with Gasteiger partial charge in [-0.3, -0.25) is 9.59 Å². The van der Waals surface area contributed by atoms with Crippen LogP contribution in [0.15, 0.2) is 12.1 Å². The Morgan fingerprint density at radius 3 is 2.17 bits per heavy atom. The van der Waals surface area contributed by atoms with E-state index in [0.29, 0.717) is 12.1 Å². The number of hydrogen-bond acceptors (Lipinski definition) is 5. The minimum atomic E-state index is -1.35. The summed E-state index contributed by atoms with van der Waals surface area (Å²) in [5.74, 6) is -5.02. The third kappa shape index (κ3) is 8.41. The third-order valence-electron chi connectivity index (χ3n) is 3.67. The number of nitrogens with one attached hydrogen (secondary N) is 2. The van der Waals surface area contributed by atoms with E-state index in [0.717, 1.165) is 7.11 Å². The van der Waals surface area contributed by atoms with Gasteiger partial charge < -0.3 is 20.1 Å². The molecule has 0 saturated carbocycles. The number of alkyl carbamates (subject to hydrolysis) is 1. The van der Waals surface area contributed by atoms with Crippen LogP contribution in [0.25, 0.3) is 0 Å². The van der Waals surface area contributed by atoms with E-state index in [-0.39, 0.29) is 18.4 Å². The summed E-state index contributed by atoms with van der Waals surface area (Å²) in [7, 11) is 1.13. The van der Waals surface area contributed by atoms with Gasteiger partial charge in [-0.15, -0.1) is 0 Å². The van der Waals surface area contributed by atoms with Crippen LogP contribution >= 0.6 is 0 Å². The minimum Gasteiger partial charge on any atom is -0.469 e. The summed E-state index contributed by atoms with van der Waals surface area (Å²) in [4.78, 5) is 35.7. The fourth-order valence-corrected chi connectivity index (χ4v) is 2.32. The molecule has 0 aromatic heterocycles. The Hall–Kier alpha value is -2.78. The van der Waals surface area contributed by atoms with Gasteiger partial charge >= 0.3 is 12.1 Å². The summed E-state index contributed by atoms with van der Waals surface area (Å²) in [6, 6.07) is -0.991. The van der Waals surface area contributed by atoms with Crippen LogP contribution in [0.2, 0.25) is 0 Å². The standard InChI is InChI=1S/C19H25F3N2O5/c1-10(23-18(27)29-19(2,3)4)17(26)24-12(8-16(25)28-5)6-11-7-14(21)15(22)9-13(11)20/h7,9-10,12H,6,8H2,1-5H3,(H,23,27)(H,24,26)/t10?,12-/m1/s1. The summed E-state index contributed by atoms with van der Waals surface area (Å²) in [5.41, 5.74) is -0.997. The van der Waals surface area contributed by atoms with Crippen molar-refractivity contribution < 1.29 is 37.0 Å². The van der Waals surface area contributed by atoms with Gasteiger partial charge in [0.15, 0.2) is 11.6 Å². The summed E-state index contributed by atoms with van der Waals surface area (Å²) >= 11 is 0. The van der Waals surface area contributed by atoms with E-state index in [1.807, 2.05) is 0 Å². The molecule has 162 valence electrons. The van der Waals surface area contributed by atoms with Crippen LogP contribution in [0.5, 0.6) is 0 Å². The molecule has 0 radical (unpaired) electrons. The van der Waals surface area contributed by atoms with Crippen LogP contribution in [0, 0.1) is 17.5 Å². The van der Waals surface area contributed by atoms with E-state index in [9.17, 15) is 27.6 Å². The van der Waals surface area contributed by atoms with Crippen LogP contribution in [0.4, 0.5) is 18.0 Å². The molecule has 7 nitrogen and oxygen atoms in total. The summed E-state index contributed by atoms with van der Waals surface area (Å²) in [5, 5.41) is 4.79. The van der Waals surface area contributed by atoms with Crippen molar-refractivity contribution in [3.63, 3.8) is 0 Å². The number of amides is 2. The molecule has 0 heterocycles. The van der Waals surface area contributed by atoms with E-state index < -0.39 is 53.1 Å². The lowest BCUT2D eigenvalue weighted by molar-refractivity contribution is -0.141. The maximum absolute atomic E-state index is 13.9. The van der Waals surface area contributed by atoms with Gasteiger partial charge in [0, 0.05) is 12.1 Å². The Bertz CT molecular complexity index is 765. The molecule has 0 spiro atoms. The van der Waals surface area contributed by atoms with Crippen molar-refractivity contribution in [1.82, 2.24) is 10.6 Å². The Morgan fingerprint density at radius 2 is 1.62 bits per heavy atom. The van der Waals surface area contributed by atoms with Crippen molar-refractivity contribution >= 4 is 18.0 Å². The lowest BCUT2D eigenvalue weighted by Crippen LogP contribution is -2.50. The van der Waals surface area contributed by atoms with Crippen molar-refractivity contribution in [1.29, 1.82) is 0 Å². The molecular formula is C19H25F3N2O5. The topological polar surface area (TPSA) is 93.7 Å². The molecule has 0 bridgehead atoms. The highest BCUT2D eigenvalue weighted by atomic mass is 19.2.